The summed E-state index contributed by atoms with van der Waals surface area (Å²) in [7, 11) is 0. The summed E-state index contributed by atoms with van der Waals surface area (Å²) in [6.45, 7) is 1.52. The van der Waals surface area contributed by atoms with Gasteiger partial charge in [-0.3, -0.25) is 0 Å². The van der Waals surface area contributed by atoms with Gasteiger partial charge in [0.15, 0.2) is 0 Å². The zero-order valence-corrected chi connectivity index (χ0v) is 8.76. The molecule has 0 atom stereocenters. The second-order valence-corrected chi connectivity index (χ2v) is 3.72. The lowest BCUT2D eigenvalue weighted by molar-refractivity contribution is -0.127. The molecule has 0 amide bonds. The highest BCUT2D eigenvalue weighted by molar-refractivity contribution is 6.42. The van der Waals surface area contributed by atoms with Gasteiger partial charge in [-0.2, -0.15) is 13.2 Å². The first-order valence-electron chi connectivity index (χ1n) is 3.81. The van der Waals surface area contributed by atoms with Crippen molar-refractivity contribution in [3.63, 3.8) is 0 Å². The molecule has 0 saturated carbocycles. The zero-order valence-electron chi connectivity index (χ0n) is 7.25. The van der Waals surface area contributed by atoms with Gasteiger partial charge in [-0.25, -0.2) is 0 Å². The van der Waals surface area contributed by atoms with Crippen LogP contribution in [0.4, 0.5) is 13.2 Å². The Kier molecular flexibility index (Phi) is 3.32. The highest BCUT2D eigenvalue weighted by Crippen LogP contribution is 2.31. The highest BCUT2D eigenvalue weighted by atomic mass is 35.5. The van der Waals surface area contributed by atoms with Gasteiger partial charge in [-0.1, -0.05) is 29.3 Å². The third-order valence-electron chi connectivity index (χ3n) is 1.84. The van der Waals surface area contributed by atoms with E-state index in [1.807, 2.05) is 0 Å². The predicted molar refractivity (Wildman–Crippen MR) is 51.0 cm³/mol. The van der Waals surface area contributed by atoms with Crippen LogP contribution >= 0.6 is 23.2 Å². The van der Waals surface area contributed by atoms with Gasteiger partial charge in [0.1, 0.15) is 0 Å². The maximum Gasteiger partial charge on any atom is 0.393 e. The van der Waals surface area contributed by atoms with Crippen LogP contribution in [0.15, 0.2) is 12.1 Å². The summed E-state index contributed by atoms with van der Waals surface area (Å²) < 4.78 is 36.2. The fourth-order valence-electron chi connectivity index (χ4n) is 1.10. The molecule has 0 fully saturated rings. The fraction of sp³-hybridized carbons (Fsp3) is 0.333. The van der Waals surface area contributed by atoms with Crippen molar-refractivity contribution in [2.24, 2.45) is 0 Å². The predicted octanol–water partition coefficient (Wildman–Crippen LogP) is 4.41. The minimum absolute atomic E-state index is 0.159. The molecule has 0 aliphatic heterocycles. The lowest BCUT2D eigenvalue weighted by Crippen LogP contribution is -2.12. The molecule has 0 aromatic heterocycles. The molecular weight excluding hydrogens is 236 g/mol. The SMILES string of the molecule is Cc1c(CC(F)(F)F)ccc(Cl)c1Cl. The van der Waals surface area contributed by atoms with E-state index in [0.717, 1.165) is 0 Å². The lowest BCUT2D eigenvalue weighted by atomic mass is 10.1. The standard InChI is InChI=1S/C9H7Cl2F3/c1-5-6(4-9(12,13)14)2-3-7(10)8(5)11/h2-3H,4H2,1H3. The second-order valence-electron chi connectivity index (χ2n) is 2.94. The molecule has 14 heavy (non-hydrogen) atoms. The largest absolute Gasteiger partial charge is 0.393 e. The average Bonchev–Trinajstić information content (AvgIpc) is 2.04. The van der Waals surface area contributed by atoms with Crippen LogP contribution in [0.25, 0.3) is 0 Å². The summed E-state index contributed by atoms with van der Waals surface area (Å²) in [5, 5.41) is 0.462. The summed E-state index contributed by atoms with van der Waals surface area (Å²) in [4.78, 5) is 0. The number of halogens is 5. The van der Waals surface area contributed by atoms with E-state index >= 15 is 0 Å². The van der Waals surface area contributed by atoms with E-state index in [-0.39, 0.29) is 15.6 Å². The summed E-state index contributed by atoms with van der Waals surface area (Å²) >= 11 is 11.4. The van der Waals surface area contributed by atoms with Gasteiger partial charge < -0.3 is 0 Å². The summed E-state index contributed by atoms with van der Waals surface area (Å²) in [5.41, 5.74) is 0.545. The van der Waals surface area contributed by atoms with E-state index < -0.39 is 12.6 Å². The topological polar surface area (TPSA) is 0 Å². The molecule has 78 valence electrons. The third-order valence-corrected chi connectivity index (χ3v) is 2.74. The van der Waals surface area contributed by atoms with Gasteiger partial charge in [0.2, 0.25) is 0 Å². The van der Waals surface area contributed by atoms with Crippen molar-refractivity contribution in [1.29, 1.82) is 0 Å². The van der Waals surface area contributed by atoms with E-state index in [2.05, 4.69) is 0 Å². The lowest BCUT2D eigenvalue weighted by Gasteiger charge is -2.10. The molecule has 5 heteroatoms. The Labute approximate surface area is 89.6 Å². The Morgan fingerprint density at radius 2 is 1.79 bits per heavy atom. The Morgan fingerprint density at radius 3 is 2.29 bits per heavy atom. The van der Waals surface area contributed by atoms with E-state index in [0.29, 0.717) is 5.56 Å². The molecule has 0 N–H and O–H groups in total. The van der Waals surface area contributed by atoms with Crippen LogP contribution in [0, 0.1) is 6.92 Å². The van der Waals surface area contributed by atoms with Gasteiger partial charge in [0.25, 0.3) is 0 Å². The maximum absolute atomic E-state index is 12.1. The number of hydrogen-bond donors (Lipinski definition) is 0. The van der Waals surface area contributed by atoms with Crippen molar-refractivity contribution in [2.75, 3.05) is 0 Å². The first-order chi connectivity index (χ1) is 6.31. The molecule has 0 heterocycles. The molecule has 0 saturated heterocycles. The van der Waals surface area contributed by atoms with Crippen LogP contribution in [0.3, 0.4) is 0 Å². The van der Waals surface area contributed by atoms with Crippen molar-refractivity contribution in [3.8, 4) is 0 Å². The minimum Gasteiger partial charge on any atom is -0.171 e. The summed E-state index contributed by atoms with van der Waals surface area (Å²) in [6, 6.07) is 2.72. The van der Waals surface area contributed by atoms with Crippen LogP contribution in [-0.2, 0) is 6.42 Å². The Bertz CT molecular complexity index is 345. The molecule has 1 aromatic carbocycles. The molecule has 0 spiro atoms. The summed E-state index contributed by atoms with van der Waals surface area (Å²) in [5.74, 6) is 0. The van der Waals surface area contributed by atoms with E-state index in [1.54, 1.807) is 0 Å². The molecular formula is C9H7Cl2F3. The van der Waals surface area contributed by atoms with Crippen LogP contribution < -0.4 is 0 Å². The Morgan fingerprint density at radius 1 is 1.21 bits per heavy atom. The fourth-order valence-corrected chi connectivity index (χ4v) is 1.49. The molecule has 0 aliphatic rings. The van der Waals surface area contributed by atoms with Crippen LogP contribution in [-0.4, -0.2) is 6.18 Å². The van der Waals surface area contributed by atoms with Crippen LogP contribution in [0.5, 0.6) is 0 Å². The Balaban J connectivity index is 3.06. The number of hydrogen-bond acceptors (Lipinski definition) is 0. The Hall–Kier alpha value is -0.410. The molecule has 0 nitrogen and oxygen atoms in total. The molecule has 0 bridgehead atoms. The first kappa shape index (κ1) is 11.7. The maximum atomic E-state index is 12.1. The third kappa shape index (κ3) is 2.79. The average molecular weight is 243 g/mol. The monoisotopic (exact) mass is 242 g/mol. The van der Waals surface area contributed by atoms with Gasteiger partial charge in [0, 0.05) is 0 Å². The number of benzene rings is 1. The van der Waals surface area contributed by atoms with E-state index in [9.17, 15) is 13.2 Å². The molecule has 0 radical (unpaired) electrons. The van der Waals surface area contributed by atoms with Crippen molar-refractivity contribution in [1.82, 2.24) is 0 Å². The van der Waals surface area contributed by atoms with Gasteiger partial charge >= 0.3 is 6.18 Å². The molecule has 0 aliphatic carbocycles. The van der Waals surface area contributed by atoms with Crippen molar-refractivity contribution in [3.05, 3.63) is 33.3 Å². The summed E-state index contributed by atoms with van der Waals surface area (Å²) in [6.07, 6.45) is -5.20. The highest BCUT2D eigenvalue weighted by Gasteiger charge is 2.28. The van der Waals surface area contributed by atoms with Crippen LogP contribution in [0.2, 0.25) is 10.0 Å². The second kappa shape index (κ2) is 3.99. The molecule has 0 unspecified atom stereocenters. The molecule has 1 aromatic rings. The van der Waals surface area contributed by atoms with Gasteiger partial charge in [-0.05, 0) is 24.1 Å². The normalized spacial score (nSPS) is 11.9. The van der Waals surface area contributed by atoms with Gasteiger partial charge in [-0.15, -0.1) is 0 Å². The molecule has 1 rings (SSSR count). The minimum atomic E-state index is -4.22. The number of rotatable bonds is 1. The quantitative estimate of drug-likeness (QED) is 0.685. The number of alkyl halides is 3. The first-order valence-corrected chi connectivity index (χ1v) is 4.57. The van der Waals surface area contributed by atoms with E-state index in [1.165, 1.54) is 19.1 Å². The zero-order chi connectivity index (χ0) is 10.9. The smallest absolute Gasteiger partial charge is 0.171 e. The van der Waals surface area contributed by atoms with Crippen molar-refractivity contribution in [2.45, 2.75) is 19.5 Å². The van der Waals surface area contributed by atoms with E-state index in [4.69, 9.17) is 23.2 Å². The van der Waals surface area contributed by atoms with Crippen molar-refractivity contribution >= 4 is 23.2 Å². The van der Waals surface area contributed by atoms with Gasteiger partial charge in [0.05, 0.1) is 16.5 Å². The van der Waals surface area contributed by atoms with Crippen LogP contribution in [0.1, 0.15) is 11.1 Å². The van der Waals surface area contributed by atoms with Crippen molar-refractivity contribution < 1.29 is 13.2 Å².